The zero-order chi connectivity index (χ0) is 18.6. The van der Waals surface area contributed by atoms with E-state index in [1.165, 1.54) is 20.2 Å². The van der Waals surface area contributed by atoms with Crippen LogP contribution in [0.3, 0.4) is 0 Å². The largest absolute Gasteiger partial charge is 0.508 e. The third-order valence-electron chi connectivity index (χ3n) is 4.97. The molecule has 5 nitrogen and oxygen atoms in total. The Morgan fingerprint density at radius 2 is 2.04 bits per heavy atom. The molecule has 0 spiro atoms. The van der Waals surface area contributed by atoms with Crippen LogP contribution in [0.15, 0.2) is 42.5 Å². The molecule has 1 heterocycles. The molecule has 0 bridgehead atoms. The Bertz CT molecular complexity index is 821. The van der Waals surface area contributed by atoms with Gasteiger partial charge in [0.05, 0.1) is 7.11 Å². The molecular formula is C18H17Cl2NO4. The first-order valence-corrected chi connectivity index (χ1v) is 8.38. The number of allylic oxidation sites excluding steroid dienone is 3. The molecule has 1 aliphatic heterocycles. The number of halogens is 2. The van der Waals surface area contributed by atoms with E-state index in [1.807, 2.05) is 0 Å². The molecule has 2 aliphatic rings. The van der Waals surface area contributed by atoms with Gasteiger partial charge in [-0.15, -0.1) is 23.2 Å². The van der Waals surface area contributed by atoms with Gasteiger partial charge in [-0.1, -0.05) is 24.8 Å². The zero-order valence-electron chi connectivity index (χ0n) is 13.8. The number of phenolic OH excluding ortho intramolecular Hbond substituents is 1. The van der Waals surface area contributed by atoms with Crippen LogP contribution in [-0.4, -0.2) is 45.7 Å². The number of imide groups is 1. The summed E-state index contributed by atoms with van der Waals surface area (Å²) in [4.78, 5) is 23.1. The number of benzene rings is 1. The van der Waals surface area contributed by atoms with Gasteiger partial charge in [0.25, 0.3) is 11.8 Å². The second-order valence-corrected chi connectivity index (χ2v) is 7.36. The fraction of sp³-hybridized carbons (Fsp3) is 0.333. The Morgan fingerprint density at radius 1 is 1.36 bits per heavy atom. The molecule has 1 aliphatic carbocycles. The number of aromatic hydroxyl groups is 1. The number of carbonyl (C=O) groups excluding carboxylic acids is 2. The van der Waals surface area contributed by atoms with Gasteiger partial charge < -0.3 is 9.84 Å². The number of hydrogen-bond donors (Lipinski definition) is 1. The van der Waals surface area contributed by atoms with Crippen molar-refractivity contribution in [3.05, 3.63) is 48.1 Å². The van der Waals surface area contributed by atoms with Crippen LogP contribution in [0.25, 0.3) is 0 Å². The van der Waals surface area contributed by atoms with E-state index in [0.717, 1.165) is 4.90 Å². The number of alkyl halides is 2. The highest BCUT2D eigenvalue weighted by Gasteiger charge is 2.72. The molecule has 25 heavy (non-hydrogen) atoms. The number of phenols is 1. The Labute approximate surface area is 155 Å². The summed E-state index contributed by atoms with van der Waals surface area (Å²) in [7, 11) is 2.80. The lowest BCUT2D eigenvalue weighted by Crippen LogP contribution is -2.55. The number of nitrogens with zero attached hydrogens (tertiary/aromatic N) is 1. The highest BCUT2D eigenvalue weighted by atomic mass is 35.5. The Morgan fingerprint density at radius 3 is 2.64 bits per heavy atom. The topological polar surface area (TPSA) is 66.8 Å². The fourth-order valence-electron chi connectivity index (χ4n) is 3.69. The summed E-state index contributed by atoms with van der Waals surface area (Å²) in [6.07, 6.45) is 3.36. The van der Waals surface area contributed by atoms with Crippen molar-refractivity contribution in [1.29, 1.82) is 0 Å². The number of hydrogen-bond acceptors (Lipinski definition) is 4. The van der Waals surface area contributed by atoms with Crippen molar-refractivity contribution in [1.82, 2.24) is 4.90 Å². The molecule has 3 rings (SSSR count). The van der Waals surface area contributed by atoms with Gasteiger partial charge >= 0.3 is 0 Å². The van der Waals surface area contributed by atoms with E-state index >= 15 is 0 Å². The number of methoxy groups -OCH3 is 1. The lowest BCUT2D eigenvalue weighted by Gasteiger charge is -2.42. The van der Waals surface area contributed by atoms with Gasteiger partial charge in [-0.25, -0.2) is 0 Å². The van der Waals surface area contributed by atoms with E-state index in [0.29, 0.717) is 16.9 Å². The highest BCUT2D eigenvalue weighted by molar-refractivity contribution is 6.53. The van der Waals surface area contributed by atoms with Crippen LogP contribution in [-0.2, 0) is 9.59 Å². The molecule has 0 saturated carbocycles. The number of likely N-dealkylation sites (tertiary alicyclic amines) is 1. The lowest BCUT2D eigenvalue weighted by atomic mass is 9.68. The van der Waals surface area contributed by atoms with Crippen LogP contribution in [0.4, 0.5) is 0 Å². The normalized spacial score (nSPS) is 31.6. The summed E-state index contributed by atoms with van der Waals surface area (Å²) >= 11 is 13.5. The SMILES string of the molecule is C=CC1=CC[C@@]2(Cl)C(=O)N(C)C(=O)[C@@]2(Cl)[C@H]1c1c(O)cccc1OC. The minimum Gasteiger partial charge on any atom is -0.508 e. The van der Waals surface area contributed by atoms with E-state index in [2.05, 4.69) is 6.58 Å². The number of amides is 2. The maximum absolute atomic E-state index is 12.9. The maximum atomic E-state index is 12.9. The molecule has 1 saturated heterocycles. The molecule has 7 heteroatoms. The molecule has 0 aromatic heterocycles. The standard InChI is InChI=1S/C18H17Cl2NO4/c1-4-10-8-9-17(19)15(23)21(2)16(24)18(17,20)14(10)13-11(22)6-5-7-12(13)25-3/h4-8,14,22H,1,9H2,2-3H3/t14-,17-,18+/m1/s1. The summed E-state index contributed by atoms with van der Waals surface area (Å²) < 4.78 is 5.35. The lowest BCUT2D eigenvalue weighted by molar-refractivity contribution is -0.137. The van der Waals surface area contributed by atoms with Crippen molar-refractivity contribution in [2.45, 2.75) is 22.1 Å². The molecule has 132 valence electrons. The number of rotatable bonds is 3. The third kappa shape index (κ3) is 2.09. The van der Waals surface area contributed by atoms with E-state index in [1.54, 1.807) is 24.3 Å². The molecule has 0 unspecified atom stereocenters. The first kappa shape index (κ1) is 17.8. The van der Waals surface area contributed by atoms with Gasteiger partial charge in [-0.3, -0.25) is 14.5 Å². The first-order valence-electron chi connectivity index (χ1n) is 7.62. The molecule has 0 radical (unpaired) electrons. The average molecular weight is 382 g/mol. The predicted molar refractivity (Wildman–Crippen MR) is 95.2 cm³/mol. The minimum absolute atomic E-state index is 0.0841. The van der Waals surface area contributed by atoms with Crippen molar-refractivity contribution in [3.8, 4) is 11.5 Å². The smallest absolute Gasteiger partial charge is 0.253 e. The summed E-state index contributed by atoms with van der Waals surface area (Å²) in [6.45, 7) is 3.77. The summed E-state index contributed by atoms with van der Waals surface area (Å²) in [5.41, 5.74) is 0.898. The van der Waals surface area contributed by atoms with Gasteiger partial charge in [0.15, 0.2) is 9.75 Å². The van der Waals surface area contributed by atoms with Crippen LogP contribution in [0.2, 0.25) is 0 Å². The van der Waals surface area contributed by atoms with E-state index in [4.69, 9.17) is 27.9 Å². The molecule has 1 N–H and O–H groups in total. The summed E-state index contributed by atoms with van der Waals surface area (Å²) in [5, 5.41) is 10.5. The quantitative estimate of drug-likeness (QED) is 0.645. The molecular weight excluding hydrogens is 365 g/mol. The van der Waals surface area contributed by atoms with Gasteiger partial charge in [-0.2, -0.15) is 0 Å². The second kappa shape index (κ2) is 5.78. The van der Waals surface area contributed by atoms with E-state index in [9.17, 15) is 14.7 Å². The van der Waals surface area contributed by atoms with Crippen molar-refractivity contribution < 1.29 is 19.4 Å². The van der Waals surface area contributed by atoms with Crippen LogP contribution >= 0.6 is 23.2 Å². The predicted octanol–water partition coefficient (Wildman–Crippen LogP) is 2.95. The Hall–Kier alpha value is -1.98. The minimum atomic E-state index is -1.80. The van der Waals surface area contributed by atoms with Gasteiger partial charge in [0.1, 0.15) is 11.5 Å². The van der Waals surface area contributed by atoms with Gasteiger partial charge in [0.2, 0.25) is 0 Å². The van der Waals surface area contributed by atoms with Crippen molar-refractivity contribution in [2.75, 3.05) is 14.2 Å². The first-order chi connectivity index (χ1) is 11.7. The van der Waals surface area contributed by atoms with Crippen LogP contribution in [0.5, 0.6) is 11.5 Å². The second-order valence-electron chi connectivity index (χ2n) is 6.12. The fourth-order valence-corrected chi connectivity index (χ4v) is 4.60. The molecule has 1 aromatic carbocycles. The molecule has 3 atom stereocenters. The van der Waals surface area contributed by atoms with Gasteiger partial charge in [-0.05, 0) is 24.1 Å². The number of ether oxygens (including phenoxy) is 1. The number of fused-ring (bicyclic) bond motifs is 1. The van der Waals surface area contributed by atoms with Crippen LogP contribution in [0.1, 0.15) is 17.9 Å². The van der Waals surface area contributed by atoms with Crippen LogP contribution in [0, 0.1) is 0 Å². The van der Waals surface area contributed by atoms with E-state index < -0.39 is 27.5 Å². The summed E-state index contributed by atoms with van der Waals surface area (Å²) in [5.74, 6) is -1.83. The molecule has 1 aromatic rings. The van der Waals surface area contributed by atoms with Crippen molar-refractivity contribution in [2.24, 2.45) is 0 Å². The van der Waals surface area contributed by atoms with Crippen molar-refractivity contribution in [3.63, 3.8) is 0 Å². The average Bonchev–Trinajstić information content (AvgIpc) is 2.74. The summed E-state index contributed by atoms with van der Waals surface area (Å²) in [6, 6.07) is 4.72. The monoisotopic (exact) mass is 381 g/mol. The molecule has 1 fully saturated rings. The third-order valence-corrected chi connectivity index (χ3v) is 6.39. The van der Waals surface area contributed by atoms with E-state index in [-0.39, 0.29) is 12.2 Å². The Balaban J connectivity index is 2.36. The Kier molecular flexibility index (Phi) is 4.12. The van der Waals surface area contributed by atoms with Crippen molar-refractivity contribution >= 4 is 35.0 Å². The van der Waals surface area contributed by atoms with Gasteiger partial charge in [0, 0.05) is 18.5 Å². The maximum Gasteiger partial charge on any atom is 0.253 e. The number of carbonyl (C=O) groups is 2. The van der Waals surface area contributed by atoms with Crippen LogP contribution < -0.4 is 4.74 Å². The zero-order valence-corrected chi connectivity index (χ0v) is 15.3. The highest BCUT2D eigenvalue weighted by Crippen LogP contribution is 2.60. The molecule has 2 amide bonds.